The Morgan fingerprint density at radius 3 is 3.06 bits per heavy atom. The molecule has 3 heteroatoms. The molecule has 0 bridgehead atoms. The first-order chi connectivity index (χ1) is 8.36. The second-order valence-electron chi connectivity index (χ2n) is 4.49. The molecule has 1 aliphatic carbocycles. The molecule has 1 aliphatic rings. The van der Waals surface area contributed by atoms with E-state index in [0.717, 1.165) is 17.2 Å². The Kier molecular flexibility index (Phi) is 2.69. The maximum Gasteiger partial charge on any atom is 0.208 e. The summed E-state index contributed by atoms with van der Waals surface area (Å²) in [6.07, 6.45) is 5.50. The predicted molar refractivity (Wildman–Crippen MR) is 66.7 cm³/mol. The van der Waals surface area contributed by atoms with Crippen LogP contribution in [-0.2, 0) is 19.4 Å². The van der Waals surface area contributed by atoms with Gasteiger partial charge >= 0.3 is 0 Å². The molecular weight excluding hydrogens is 212 g/mol. The summed E-state index contributed by atoms with van der Waals surface area (Å²) < 4.78 is 5.70. The fourth-order valence-electron chi connectivity index (χ4n) is 2.40. The summed E-state index contributed by atoms with van der Waals surface area (Å²) in [4.78, 5) is 4.25. The van der Waals surface area contributed by atoms with Gasteiger partial charge < -0.3 is 9.73 Å². The van der Waals surface area contributed by atoms with Crippen molar-refractivity contribution in [2.75, 3.05) is 7.05 Å². The third kappa shape index (κ3) is 1.98. The molecule has 1 aromatic heterocycles. The molecule has 0 fully saturated rings. The average Bonchev–Trinajstić information content (AvgIpc) is 2.96. The number of fused-ring (bicyclic) bond motifs is 1. The molecule has 0 atom stereocenters. The van der Waals surface area contributed by atoms with Crippen molar-refractivity contribution >= 4 is 0 Å². The maximum absolute atomic E-state index is 5.70. The molecule has 17 heavy (non-hydrogen) atoms. The van der Waals surface area contributed by atoms with Gasteiger partial charge in [-0.1, -0.05) is 12.1 Å². The molecule has 0 saturated heterocycles. The quantitative estimate of drug-likeness (QED) is 0.877. The largest absolute Gasteiger partial charge is 0.439 e. The van der Waals surface area contributed by atoms with Crippen LogP contribution >= 0.6 is 0 Å². The Labute approximate surface area is 101 Å². The van der Waals surface area contributed by atoms with E-state index < -0.39 is 0 Å². The van der Waals surface area contributed by atoms with Crippen LogP contribution in [0.15, 0.2) is 28.8 Å². The van der Waals surface area contributed by atoms with Crippen LogP contribution in [0.1, 0.15) is 23.4 Å². The second kappa shape index (κ2) is 4.34. The van der Waals surface area contributed by atoms with Gasteiger partial charge in [-0.2, -0.15) is 0 Å². The Morgan fingerprint density at radius 2 is 2.18 bits per heavy atom. The van der Waals surface area contributed by atoms with Crippen LogP contribution in [0.4, 0.5) is 0 Å². The highest BCUT2D eigenvalue weighted by Crippen LogP contribution is 2.28. The molecule has 3 nitrogen and oxygen atoms in total. The number of benzene rings is 1. The summed E-state index contributed by atoms with van der Waals surface area (Å²) in [5.74, 6) is 1.60. The Hall–Kier alpha value is -1.61. The minimum Gasteiger partial charge on any atom is -0.439 e. The molecule has 0 aliphatic heterocycles. The van der Waals surface area contributed by atoms with Gasteiger partial charge in [0.1, 0.15) is 0 Å². The third-order valence-corrected chi connectivity index (χ3v) is 3.26. The third-order valence-electron chi connectivity index (χ3n) is 3.26. The van der Waals surface area contributed by atoms with Crippen LogP contribution in [0.3, 0.4) is 0 Å². The second-order valence-corrected chi connectivity index (χ2v) is 4.49. The van der Waals surface area contributed by atoms with Gasteiger partial charge in [0.2, 0.25) is 5.89 Å². The van der Waals surface area contributed by atoms with E-state index in [-0.39, 0.29) is 0 Å². The molecule has 0 saturated carbocycles. The van der Waals surface area contributed by atoms with Gasteiger partial charge in [0.25, 0.3) is 0 Å². The van der Waals surface area contributed by atoms with Crippen LogP contribution in [0, 0.1) is 0 Å². The standard InChI is InChI=1S/C14H16N2O/c1-15-9-14-16-8-13(17-14)12-6-5-10-3-2-4-11(10)7-12/h5-8,15H,2-4,9H2,1H3. The fourth-order valence-corrected chi connectivity index (χ4v) is 2.40. The Balaban J connectivity index is 1.92. The first-order valence-corrected chi connectivity index (χ1v) is 6.08. The zero-order chi connectivity index (χ0) is 11.7. The van der Waals surface area contributed by atoms with Gasteiger partial charge in [-0.05, 0) is 43.5 Å². The van der Waals surface area contributed by atoms with Crippen LogP contribution in [0.25, 0.3) is 11.3 Å². The average molecular weight is 228 g/mol. The summed E-state index contributed by atoms with van der Waals surface area (Å²) in [5, 5.41) is 3.03. The minimum atomic E-state index is 0.672. The number of aryl methyl sites for hydroxylation is 2. The lowest BCUT2D eigenvalue weighted by atomic mass is 10.1. The minimum absolute atomic E-state index is 0.672. The molecule has 2 aromatic rings. The molecule has 1 heterocycles. The van der Waals surface area contributed by atoms with E-state index in [9.17, 15) is 0 Å². The van der Waals surface area contributed by atoms with Crippen molar-refractivity contribution in [3.05, 3.63) is 41.4 Å². The van der Waals surface area contributed by atoms with Crippen LogP contribution in [-0.4, -0.2) is 12.0 Å². The van der Waals surface area contributed by atoms with Crippen molar-refractivity contribution in [2.45, 2.75) is 25.8 Å². The molecule has 1 aromatic carbocycles. The molecule has 88 valence electrons. The molecule has 0 amide bonds. The first-order valence-electron chi connectivity index (χ1n) is 6.08. The first kappa shape index (κ1) is 10.5. The summed E-state index contributed by atoms with van der Waals surface area (Å²) in [6, 6.07) is 6.59. The predicted octanol–water partition coefficient (Wildman–Crippen LogP) is 2.55. The number of nitrogens with zero attached hydrogens (tertiary/aromatic N) is 1. The van der Waals surface area contributed by atoms with Crippen LogP contribution < -0.4 is 5.32 Å². The van der Waals surface area contributed by atoms with E-state index in [1.807, 2.05) is 13.2 Å². The van der Waals surface area contributed by atoms with Crippen molar-refractivity contribution in [1.82, 2.24) is 10.3 Å². The lowest BCUT2D eigenvalue weighted by Crippen LogP contribution is -2.04. The number of nitrogens with one attached hydrogen (secondary N) is 1. The van der Waals surface area contributed by atoms with Crippen molar-refractivity contribution in [1.29, 1.82) is 0 Å². The highest BCUT2D eigenvalue weighted by molar-refractivity contribution is 5.59. The zero-order valence-corrected chi connectivity index (χ0v) is 9.99. The van der Waals surface area contributed by atoms with Crippen molar-refractivity contribution < 1.29 is 4.42 Å². The van der Waals surface area contributed by atoms with Gasteiger partial charge in [0.05, 0.1) is 12.7 Å². The van der Waals surface area contributed by atoms with Crippen molar-refractivity contribution in [2.24, 2.45) is 0 Å². The van der Waals surface area contributed by atoms with E-state index in [0.29, 0.717) is 6.54 Å². The molecule has 0 unspecified atom stereocenters. The molecule has 1 N–H and O–H groups in total. The number of aromatic nitrogens is 1. The maximum atomic E-state index is 5.70. The van der Waals surface area contributed by atoms with Crippen molar-refractivity contribution in [3.63, 3.8) is 0 Å². The van der Waals surface area contributed by atoms with Crippen molar-refractivity contribution in [3.8, 4) is 11.3 Å². The smallest absolute Gasteiger partial charge is 0.208 e. The molecule has 0 spiro atoms. The monoisotopic (exact) mass is 228 g/mol. The number of hydrogen-bond acceptors (Lipinski definition) is 3. The van der Waals surface area contributed by atoms with E-state index in [1.165, 1.54) is 30.4 Å². The van der Waals surface area contributed by atoms with E-state index >= 15 is 0 Å². The summed E-state index contributed by atoms with van der Waals surface area (Å²) >= 11 is 0. The molecule has 0 radical (unpaired) electrons. The number of rotatable bonds is 3. The topological polar surface area (TPSA) is 38.1 Å². The summed E-state index contributed by atoms with van der Waals surface area (Å²) in [7, 11) is 1.89. The highest BCUT2D eigenvalue weighted by atomic mass is 16.4. The van der Waals surface area contributed by atoms with Gasteiger partial charge in [-0.15, -0.1) is 0 Å². The Morgan fingerprint density at radius 1 is 1.29 bits per heavy atom. The van der Waals surface area contributed by atoms with Gasteiger partial charge in [-0.25, -0.2) is 4.98 Å². The SMILES string of the molecule is CNCc1ncc(-c2ccc3c(c2)CCC3)o1. The Bertz CT molecular complexity index is 531. The lowest BCUT2D eigenvalue weighted by molar-refractivity contribution is 0.491. The molecular formula is C14H16N2O. The van der Waals surface area contributed by atoms with E-state index in [2.05, 4.69) is 28.5 Å². The zero-order valence-electron chi connectivity index (χ0n) is 9.99. The normalized spacial score (nSPS) is 13.9. The summed E-state index contributed by atoms with van der Waals surface area (Å²) in [6.45, 7) is 0.672. The van der Waals surface area contributed by atoms with Gasteiger partial charge in [-0.3, -0.25) is 0 Å². The van der Waals surface area contributed by atoms with Crippen LogP contribution in [0.2, 0.25) is 0 Å². The van der Waals surface area contributed by atoms with E-state index in [1.54, 1.807) is 0 Å². The van der Waals surface area contributed by atoms with E-state index in [4.69, 9.17) is 4.42 Å². The van der Waals surface area contributed by atoms with Gasteiger partial charge in [0.15, 0.2) is 5.76 Å². The van der Waals surface area contributed by atoms with Crippen LogP contribution in [0.5, 0.6) is 0 Å². The molecule has 3 rings (SSSR count). The number of hydrogen-bond donors (Lipinski definition) is 1. The highest BCUT2D eigenvalue weighted by Gasteiger charge is 2.13. The lowest BCUT2D eigenvalue weighted by Gasteiger charge is -2.01. The summed E-state index contributed by atoms with van der Waals surface area (Å²) in [5.41, 5.74) is 4.10. The van der Waals surface area contributed by atoms with Gasteiger partial charge in [0, 0.05) is 5.56 Å². The number of oxazole rings is 1. The fraction of sp³-hybridized carbons (Fsp3) is 0.357.